The maximum atomic E-state index is 13.6. The van der Waals surface area contributed by atoms with Gasteiger partial charge in [0.2, 0.25) is 0 Å². The SMILES string of the molecule is COc1ccc(C(C)(C)CNCC#N)cc1F. The van der Waals surface area contributed by atoms with Gasteiger partial charge in [0.05, 0.1) is 19.7 Å². The lowest BCUT2D eigenvalue weighted by atomic mass is 9.84. The first-order valence-corrected chi connectivity index (χ1v) is 5.43. The van der Waals surface area contributed by atoms with Crippen LogP contribution in [0.25, 0.3) is 0 Å². The smallest absolute Gasteiger partial charge is 0.165 e. The topological polar surface area (TPSA) is 45.0 Å². The minimum Gasteiger partial charge on any atom is -0.494 e. The summed E-state index contributed by atoms with van der Waals surface area (Å²) in [6.07, 6.45) is 0. The third-order valence-electron chi connectivity index (χ3n) is 2.70. The average molecular weight is 236 g/mol. The van der Waals surface area contributed by atoms with Crippen LogP contribution in [0.4, 0.5) is 4.39 Å². The summed E-state index contributed by atoms with van der Waals surface area (Å²) >= 11 is 0. The monoisotopic (exact) mass is 236 g/mol. The fourth-order valence-electron chi connectivity index (χ4n) is 1.62. The van der Waals surface area contributed by atoms with Crippen LogP contribution < -0.4 is 10.1 Å². The highest BCUT2D eigenvalue weighted by molar-refractivity contribution is 5.33. The highest BCUT2D eigenvalue weighted by atomic mass is 19.1. The van der Waals surface area contributed by atoms with Crippen molar-refractivity contribution in [2.24, 2.45) is 0 Å². The largest absolute Gasteiger partial charge is 0.494 e. The molecule has 0 spiro atoms. The standard InChI is InChI=1S/C13H17FN2O/c1-13(2,9-16-7-6-15)10-4-5-12(17-3)11(14)8-10/h4-5,8,16H,7,9H2,1-3H3. The van der Waals surface area contributed by atoms with Gasteiger partial charge in [-0.2, -0.15) is 5.26 Å². The van der Waals surface area contributed by atoms with Gasteiger partial charge < -0.3 is 10.1 Å². The summed E-state index contributed by atoms with van der Waals surface area (Å²) in [4.78, 5) is 0. The third kappa shape index (κ3) is 3.43. The predicted molar refractivity (Wildman–Crippen MR) is 64.5 cm³/mol. The van der Waals surface area contributed by atoms with E-state index in [1.54, 1.807) is 6.07 Å². The van der Waals surface area contributed by atoms with E-state index in [9.17, 15) is 4.39 Å². The van der Waals surface area contributed by atoms with Crippen molar-refractivity contribution in [1.82, 2.24) is 5.32 Å². The predicted octanol–water partition coefficient (Wildman–Crippen LogP) is 2.23. The van der Waals surface area contributed by atoms with Crippen LogP contribution in [-0.4, -0.2) is 20.2 Å². The number of nitriles is 1. The molecular weight excluding hydrogens is 219 g/mol. The maximum Gasteiger partial charge on any atom is 0.165 e. The fraction of sp³-hybridized carbons (Fsp3) is 0.462. The normalized spacial score (nSPS) is 11.0. The molecule has 1 aromatic carbocycles. The molecule has 17 heavy (non-hydrogen) atoms. The van der Waals surface area contributed by atoms with Crippen molar-refractivity contribution in [3.05, 3.63) is 29.6 Å². The molecule has 0 atom stereocenters. The number of nitrogens with zero attached hydrogens (tertiary/aromatic N) is 1. The van der Waals surface area contributed by atoms with Gasteiger partial charge in [-0.05, 0) is 17.7 Å². The molecule has 92 valence electrons. The number of hydrogen-bond acceptors (Lipinski definition) is 3. The van der Waals surface area contributed by atoms with Crippen LogP contribution >= 0.6 is 0 Å². The number of hydrogen-bond donors (Lipinski definition) is 1. The fourth-order valence-corrected chi connectivity index (χ4v) is 1.62. The van der Waals surface area contributed by atoms with Crippen LogP contribution in [0.1, 0.15) is 19.4 Å². The molecule has 1 rings (SSSR count). The van der Waals surface area contributed by atoms with Crippen molar-refractivity contribution in [3.8, 4) is 11.8 Å². The van der Waals surface area contributed by atoms with Gasteiger partial charge in [-0.1, -0.05) is 19.9 Å². The van der Waals surface area contributed by atoms with Crippen LogP contribution in [0.5, 0.6) is 5.75 Å². The Morgan fingerprint density at radius 3 is 2.71 bits per heavy atom. The van der Waals surface area contributed by atoms with E-state index in [1.165, 1.54) is 13.2 Å². The van der Waals surface area contributed by atoms with Gasteiger partial charge in [0.1, 0.15) is 0 Å². The lowest BCUT2D eigenvalue weighted by molar-refractivity contribution is 0.384. The van der Waals surface area contributed by atoms with E-state index in [0.29, 0.717) is 13.1 Å². The average Bonchev–Trinajstić information content (AvgIpc) is 2.29. The summed E-state index contributed by atoms with van der Waals surface area (Å²) < 4.78 is 18.4. The summed E-state index contributed by atoms with van der Waals surface area (Å²) in [6.45, 7) is 4.91. The molecule has 0 saturated heterocycles. The quantitative estimate of drug-likeness (QED) is 0.630. The summed E-state index contributed by atoms with van der Waals surface area (Å²) in [5, 5.41) is 11.5. The number of halogens is 1. The number of benzene rings is 1. The van der Waals surface area contributed by atoms with Crippen LogP contribution in [0.3, 0.4) is 0 Å². The Hall–Kier alpha value is -1.60. The van der Waals surface area contributed by atoms with E-state index in [2.05, 4.69) is 5.32 Å². The molecule has 4 heteroatoms. The Bertz CT molecular complexity index is 424. The zero-order valence-corrected chi connectivity index (χ0v) is 10.4. The number of nitrogens with one attached hydrogen (secondary N) is 1. The Morgan fingerprint density at radius 2 is 2.18 bits per heavy atom. The van der Waals surface area contributed by atoms with E-state index in [4.69, 9.17) is 10.00 Å². The zero-order valence-electron chi connectivity index (χ0n) is 10.4. The molecule has 1 aromatic rings. The van der Waals surface area contributed by atoms with Crippen molar-refractivity contribution in [3.63, 3.8) is 0 Å². The Balaban J connectivity index is 2.84. The summed E-state index contributed by atoms with van der Waals surface area (Å²) in [5.41, 5.74) is 0.644. The molecule has 0 radical (unpaired) electrons. The first-order chi connectivity index (χ1) is 8.01. The minimum atomic E-state index is -0.363. The second-order valence-electron chi connectivity index (χ2n) is 4.49. The zero-order chi connectivity index (χ0) is 12.9. The highest BCUT2D eigenvalue weighted by Crippen LogP contribution is 2.26. The van der Waals surface area contributed by atoms with Crippen LogP contribution in [0.15, 0.2) is 18.2 Å². The second-order valence-corrected chi connectivity index (χ2v) is 4.49. The van der Waals surface area contributed by atoms with Gasteiger partial charge in [0, 0.05) is 12.0 Å². The molecule has 0 fully saturated rings. The number of rotatable bonds is 5. The Kier molecular flexibility index (Phi) is 4.47. The summed E-state index contributed by atoms with van der Waals surface area (Å²) in [5.74, 6) is -0.118. The lowest BCUT2D eigenvalue weighted by Gasteiger charge is -2.25. The van der Waals surface area contributed by atoms with E-state index in [1.807, 2.05) is 26.0 Å². The van der Waals surface area contributed by atoms with Crippen molar-refractivity contribution < 1.29 is 9.13 Å². The van der Waals surface area contributed by atoms with Crippen LogP contribution in [0, 0.1) is 17.1 Å². The molecule has 0 aliphatic rings. The molecule has 0 unspecified atom stereocenters. The van der Waals surface area contributed by atoms with Crippen LogP contribution in [-0.2, 0) is 5.41 Å². The van der Waals surface area contributed by atoms with Gasteiger partial charge >= 0.3 is 0 Å². The molecule has 0 amide bonds. The molecule has 1 N–H and O–H groups in total. The van der Waals surface area contributed by atoms with E-state index < -0.39 is 0 Å². The van der Waals surface area contributed by atoms with Gasteiger partial charge in [-0.3, -0.25) is 0 Å². The highest BCUT2D eigenvalue weighted by Gasteiger charge is 2.21. The van der Waals surface area contributed by atoms with Crippen molar-refractivity contribution in [2.75, 3.05) is 20.2 Å². The molecule has 0 heterocycles. The number of ether oxygens (including phenoxy) is 1. The van der Waals surface area contributed by atoms with Crippen molar-refractivity contribution in [1.29, 1.82) is 5.26 Å². The molecule has 0 saturated carbocycles. The van der Waals surface area contributed by atoms with Gasteiger partial charge in [-0.25, -0.2) is 4.39 Å². The second kappa shape index (κ2) is 5.65. The van der Waals surface area contributed by atoms with E-state index in [0.717, 1.165) is 5.56 Å². The number of methoxy groups -OCH3 is 1. The first-order valence-electron chi connectivity index (χ1n) is 5.43. The lowest BCUT2D eigenvalue weighted by Crippen LogP contribution is -2.33. The van der Waals surface area contributed by atoms with Gasteiger partial charge in [-0.15, -0.1) is 0 Å². The van der Waals surface area contributed by atoms with E-state index in [-0.39, 0.29) is 17.0 Å². The van der Waals surface area contributed by atoms with Gasteiger partial charge in [0.15, 0.2) is 11.6 Å². The summed E-state index contributed by atoms with van der Waals surface area (Å²) in [7, 11) is 1.44. The van der Waals surface area contributed by atoms with Crippen LogP contribution in [0.2, 0.25) is 0 Å². The molecule has 0 aliphatic carbocycles. The third-order valence-corrected chi connectivity index (χ3v) is 2.70. The van der Waals surface area contributed by atoms with Gasteiger partial charge in [0.25, 0.3) is 0 Å². The van der Waals surface area contributed by atoms with Crippen molar-refractivity contribution in [2.45, 2.75) is 19.3 Å². The molecule has 0 aliphatic heterocycles. The Labute approximate surface area is 101 Å². The molecule has 3 nitrogen and oxygen atoms in total. The van der Waals surface area contributed by atoms with E-state index >= 15 is 0 Å². The summed E-state index contributed by atoms with van der Waals surface area (Å²) in [6, 6.07) is 6.96. The molecule has 0 bridgehead atoms. The first kappa shape index (κ1) is 13.5. The minimum absolute atomic E-state index is 0.232. The Morgan fingerprint density at radius 1 is 1.47 bits per heavy atom. The molecule has 0 aromatic heterocycles. The van der Waals surface area contributed by atoms with Crippen molar-refractivity contribution >= 4 is 0 Å². The maximum absolute atomic E-state index is 13.6. The molecular formula is C13H17FN2O.